The van der Waals surface area contributed by atoms with Crippen LogP contribution in [0.4, 0.5) is 0 Å². The molecule has 0 unspecified atom stereocenters. The number of hydrogen-bond donors (Lipinski definition) is 1. The molecule has 2 aromatic rings. The SMILES string of the molecule is COc1cccc(C#N)c1-n1cncc1C1CCNCC1. The van der Waals surface area contributed by atoms with E-state index in [1.54, 1.807) is 13.4 Å². The number of nitrogens with one attached hydrogen (secondary N) is 1. The number of methoxy groups -OCH3 is 1. The quantitative estimate of drug-likeness (QED) is 0.937. The van der Waals surface area contributed by atoms with E-state index in [0.29, 0.717) is 17.2 Å². The Balaban J connectivity index is 2.10. The van der Waals surface area contributed by atoms with E-state index in [1.165, 1.54) is 0 Å². The normalized spacial score (nSPS) is 15.6. The van der Waals surface area contributed by atoms with Crippen LogP contribution in [-0.4, -0.2) is 29.8 Å². The smallest absolute Gasteiger partial charge is 0.144 e. The maximum Gasteiger partial charge on any atom is 0.144 e. The molecule has 0 spiro atoms. The second-order valence-electron chi connectivity index (χ2n) is 5.18. The van der Waals surface area contributed by atoms with Crippen LogP contribution in [0.15, 0.2) is 30.7 Å². The van der Waals surface area contributed by atoms with E-state index < -0.39 is 0 Å². The second-order valence-corrected chi connectivity index (χ2v) is 5.18. The first-order valence-corrected chi connectivity index (χ1v) is 7.15. The number of imidazole rings is 1. The molecule has 5 heteroatoms. The molecule has 1 aliphatic heterocycles. The molecule has 1 saturated heterocycles. The molecule has 0 aliphatic carbocycles. The number of hydrogen-bond acceptors (Lipinski definition) is 4. The maximum absolute atomic E-state index is 9.39. The van der Waals surface area contributed by atoms with Gasteiger partial charge in [-0.3, -0.25) is 4.57 Å². The van der Waals surface area contributed by atoms with Crippen molar-refractivity contribution in [1.29, 1.82) is 5.26 Å². The van der Waals surface area contributed by atoms with E-state index in [0.717, 1.165) is 37.3 Å². The summed E-state index contributed by atoms with van der Waals surface area (Å²) in [5, 5.41) is 12.8. The van der Waals surface area contributed by atoms with Crippen LogP contribution in [0, 0.1) is 11.3 Å². The largest absolute Gasteiger partial charge is 0.495 e. The molecule has 0 radical (unpaired) electrons. The molecule has 0 atom stereocenters. The van der Waals surface area contributed by atoms with Crippen LogP contribution in [0.1, 0.15) is 30.0 Å². The Morgan fingerprint density at radius 1 is 1.38 bits per heavy atom. The van der Waals surface area contributed by atoms with Gasteiger partial charge in [0.25, 0.3) is 0 Å². The molecule has 1 aliphatic rings. The third kappa shape index (κ3) is 2.50. The number of benzene rings is 1. The zero-order valence-corrected chi connectivity index (χ0v) is 12.0. The lowest BCUT2D eigenvalue weighted by molar-refractivity contribution is 0.410. The van der Waals surface area contributed by atoms with Gasteiger partial charge in [0.2, 0.25) is 0 Å². The number of ether oxygens (including phenoxy) is 1. The van der Waals surface area contributed by atoms with Crippen molar-refractivity contribution in [1.82, 2.24) is 14.9 Å². The van der Waals surface area contributed by atoms with Gasteiger partial charge in [-0.05, 0) is 38.1 Å². The summed E-state index contributed by atoms with van der Waals surface area (Å²) in [6, 6.07) is 7.77. The third-order valence-electron chi connectivity index (χ3n) is 4.00. The van der Waals surface area contributed by atoms with Gasteiger partial charge in [-0.1, -0.05) is 6.07 Å². The second kappa shape index (κ2) is 5.98. The van der Waals surface area contributed by atoms with Crippen molar-refractivity contribution in [3.05, 3.63) is 42.0 Å². The van der Waals surface area contributed by atoms with Gasteiger partial charge in [0.1, 0.15) is 17.5 Å². The highest BCUT2D eigenvalue weighted by Gasteiger charge is 2.22. The Morgan fingerprint density at radius 3 is 2.90 bits per heavy atom. The number of para-hydroxylation sites is 1. The van der Waals surface area contributed by atoms with Crippen molar-refractivity contribution in [3.63, 3.8) is 0 Å². The highest BCUT2D eigenvalue weighted by Crippen LogP contribution is 2.32. The summed E-state index contributed by atoms with van der Waals surface area (Å²) in [6.07, 6.45) is 5.85. The molecule has 1 fully saturated rings. The van der Waals surface area contributed by atoms with Crippen LogP contribution >= 0.6 is 0 Å². The topological polar surface area (TPSA) is 62.9 Å². The minimum absolute atomic E-state index is 0.463. The Kier molecular flexibility index (Phi) is 3.89. The van der Waals surface area contributed by atoms with E-state index in [9.17, 15) is 5.26 Å². The predicted molar refractivity (Wildman–Crippen MR) is 79.7 cm³/mol. The van der Waals surface area contributed by atoms with E-state index >= 15 is 0 Å². The zero-order chi connectivity index (χ0) is 14.7. The monoisotopic (exact) mass is 282 g/mol. The van der Waals surface area contributed by atoms with Crippen LogP contribution in [0.25, 0.3) is 5.69 Å². The molecule has 5 nitrogen and oxygen atoms in total. The third-order valence-corrected chi connectivity index (χ3v) is 4.00. The summed E-state index contributed by atoms with van der Waals surface area (Å²) in [5.41, 5.74) is 2.54. The van der Waals surface area contributed by atoms with Gasteiger partial charge >= 0.3 is 0 Å². The number of piperidine rings is 1. The first kappa shape index (κ1) is 13.7. The molecule has 108 valence electrons. The minimum atomic E-state index is 0.463. The molecule has 2 heterocycles. The molecule has 0 bridgehead atoms. The lowest BCUT2D eigenvalue weighted by Crippen LogP contribution is -2.27. The Morgan fingerprint density at radius 2 is 2.19 bits per heavy atom. The van der Waals surface area contributed by atoms with Crippen molar-refractivity contribution in [2.45, 2.75) is 18.8 Å². The highest BCUT2D eigenvalue weighted by molar-refractivity contribution is 5.58. The number of aromatic nitrogens is 2. The van der Waals surface area contributed by atoms with Crippen molar-refractivity contribution < 1.29 is 4.74 Å². The fraction of sp³-hybridized carbons (Fsp3) is 0.375. The van der Waals surface area contributed by atoms with Gasteiger partial charge in [-0.25, -0.2) is 4.98 Å². The molecule has 1 aromatic carbocycles. The standard InChI is InChI=1S/C16H18N4O/c1-21-15-4-2-3-13(9-17)16(15)20-11-19-10-14(20)12-5-7-18-8-6-12/h2-4,10-12,18H,5-8H2,1H3. The van der Waals surface area contributed by atoms with Crippen LogP contribution in [0.2, 0.25) is 0 Å². The summed E-state index contributed by atoms with van der Waals surface area (Å²) >= 11 is 0. The van der Waals surface area contributed by atoms with Crippen LogP contribution < -0.4 is 10.1 Å². The van der Waals surface area contributed by atoms with Gasteiger partial charge in [-0.15, -0.1) is 0 Å². The van der Waals surface area contributed by atoms with Crippen molar-refractivity contribution in [3.8, 4) is 17.5 Å². The lowest BCUT2D eigenvalue weighted by atomic mass is 9.94. The molecular formula is C16H18N4O. The fourth-order valence-electron chi connectivity index (χ4n) is 2.94. The molecule has 3 rings (SSSR count). The van der Waals surface area contributed by atoms with E-state index in [4.69, 9.17) is 4.74 Å². The van der Waals surface area contributed by atoms with Crippen LogP contribution in [0.5, 0.6) is 5.75 Å². The predicted octanol–water partition coefficient (Wildman–Crippen LogP) is 2.22. The summed E-state index contributed by atoms with van der Waals surface area (Å²) < 4.78 is 7.45. The molecule has 21 heavy (non-hydrogen) atoms. The molecule has 1 aromatic heterocycles. The van der Waals surface area contributed by atoms with Crippen molar-refractivity contribution in [2.75, 3.05) is 20.2 Å². The van der Waals surface area contributed by atoms with Crippen LogP contribution in [0.3, 0.4) is 0 Å². The summed E-state index contributed by atoms with van der Waals surface area (Å²) in [4.78, 5) is 4.30. The summed E-state index contributed by atoms with van der Waals surface area (Å²) in [5.74, 6) is 1.16. The number of rotatable bonds is 3. The molecule has 0 amide bonds. The summed E-state index contributed by atoms with van der Waals surface area (Å²) in [6.45, 7) is 2.04. The van der Waals surface area contributed by atoms with Gasteiger partial charge in [0.15, 0.2) is 0 Å². The van der Waals surface area contributed by atoms with Gasteiger partial charge in [-0.2, -0.15) is 5.26 Å². The Bertz CT molecular complexity index is 665. The van der Waals surface area contributed by atoms with E-state index in [2.05, 4.69) is 16.4 Å². The average Bonchev–Trinajstić information content (AvgIpc) is 3.04. The maximum atomic E-state index is 9.39. The molecular weight excluding hydrogens is 264 g/mol. The Hall–Kier alpha value is -2.32. The summed E-state index contributed by atoms with van der Waals surface area (Å²) in [7, 11) is 1.63. The van der Waals surface area contributed by atoms with E-state index in [-0.39, 0.29) is 0 Å². The first-order valence-electron chi connectivity index (χ1n) is 7.15. The first-order chi connectivity index (χ1) is 10.3. The fourth-order valence-corrected chi connectivity index (χ4v) is 2.94. The van der Waals surface area contributed by atoms with Crippen LogP contribution in [-0.2, 0) is 0 Å². The lowest BCUT2D eigenvalue weighted by Gasteiger charge is -2.24. The number of nitriles is 1. The minimum Gasteiger partial charge on any atom is -0.495 e. The number of nitrogens with zero attached hydrogens (tertiary/aromatic N) is 3. The highest BCUT2D eigenvalue weighted by atomic mass is 16.5. The Labute approximate surface area is 124 Å². The average molecular weight is 282 g/mol. The molecule has 0 saturated carbocycles. The zero-order valence-electron chi connectivity index (χ0n) is 12.0. The van der Waals surface area contributed by atoms with Crippen molar-refractivity contribution in [2.24, 2.45) is 0 Å². The van der Waals surface area contributed by atoms with Gasteiger partial charge in [0.05, 0.1) is 19.0 Å². The van der Waals surface area contributed by atoms with Crippen molar-refractivity contribution >= 4 is 0 Å². The van der Waals surface area contributed by atoms with E-state index in [1.807, 2.05) is 29.0 Å². The molecule has 1 N–H and O–H groups in total. The van der Waals surface area contributed by atoms with Gasteiger partial charge < -0.3 is 10.1 Å². The van der Waals surface area contributed by atoms with Gasteiger partial charge in [0, 0.05) is 17.8 Å².